The van der Waals surface area contributed by atoms with Crippen LogP contribution in [-0.4, -0.2) is 36.3 Å². The number of amides is 2. The molecule has 6 heteroatoms. The van der Waals surface area contributed by atoms with Gasteiger partial charge in [0.15, 0.2) is 5.76 Å². The minimum Gasteiger partial charge on any atom is -0.486 e. The molecular formula is C21H24N2O4. The minimum atomic E-state index is -0.0293. The van der Waals surface area contributed by atoms with Gasteiger partial charge in [-0.15, -0.1) is 0 Å². The smallest absolute Gasteiger partial charge is 0.257 e. The van der Waals surface area contributed by atoms with Gasteiger partial charge in [-0.3, -0.25) is 9.59 Å². The van der Waals surface area contributed by atoms with E-state index in [-0.39, 0.29) is 23.8 Å². The Bertz CT molecular complexity index is 832. The van der Waals surface area contributed by atoms with Crippen molar-refractivity contribution < 1.29 is 18.7 Å². The molecule has 2 aliphatic rings. The summed E-state index contributed by atoms with van der Waals surface area (Å²) in [7, 11) is 0. The first-order valence-electron chi connectivity index (χ1n) is 9.37. The second kappa shape index (κ2) is 7.10. The van der Waals surface area contributed by atoms with E-state index >= 15 is 0 Å². The fourth-order valence-corrected chi connectivity index (χ4v) is 3.89. The van der Waals surface area contributed by atoms with Gasteiger partial charge in [-0.25, -0.2) is 0 Å². The summed E-state index contributed by atoms with van der Waals surface area (Å²) in [5.74, 6) is 1.38. The minimum absolute atomic E-state index is 0.0293. The molecule has 1 spiro atoms. The molecule has 0 saturated carbocycles. The van der Waals surface area contributed by atoms with Gasteiger partial charge in [0, 0.05) is 26.1 Å². The average Bonchev–Trinajstić information content (AvgIpc) is 3.28. The maximum atomic E-state index is 12.9. The van der Waals surface area contributed by atoms with Crippen LogP contribution in [0.25, 0.3) is 0 Å². The lowest BCUT2D eigenvalue weighted by atomic mass is 9.77. The molecule has 0 aliphatic carbocycles. The molecule has 0 bridgehead atoms. The molecule has 1 aromatic carbocycles. The van der Waals surface area contributed by atoms with E-state index in [1.165, 1.54) is 11.8 Å². The Labute approximate surface area is 158 Å². The van der Waals surface area contributed by atoms with Crippen LogP contribution in [0.3, 0.4) is 0 Å². The summed E-state index contributed by atoms with van der Waals surface area (Å²) in [5.41, 5.74) is 1.75. The molecule has 0 unspecified atom stereocenters. The summed E-state index contributed by atoms with van der Waals surface area (Å²) in [6.45, 7) is 4.30. The van der Waals surface area contributed by atoms with Crippen LogP contribution >= 0.6 is 0 Å². The number of piperidine rings is 1. The Kier molecular flexibility index (Phi) is 4.64. The predicted molar refractivity (Wildman–Crippen MR) is 99.4 cm³/mol. The number of carbonyl (C=O) groups excluding carboxylic acids is 2. The normalized spacial score (nSPS) is 18.6. The molecule has 2 aliphatic heterocycles. The predicted octanol–water partition coefficient (Wildman–Crippen LogP) is 2.91. The molecule has 27 heavy (non-hydrogen) atoms. The largest absolute Gasteiger partial charge is 0.486 e. The Morgan fingerprint density at radius 2 is 1.96 bits per heavy atom. The van der Waals surface area contributed by atoms with Crippen LogP contribution in [-0.2, 0) is 11.4 Å². The number of carbonyl (C=O) groups is 2. The second-order valence-electron chi connectivity index (χ2n) is 7.60. The van der Waals surface area contributed by atoms with Crippen molar-refractivity contribution >= 4 is 11.8 Å². The second-order valence-corrected chi connectivity index (χ2v) is 7.60. The molecule has 1 N–H and O–H groups in total. The number of benzene rings is 1. The number of ether oxygens (including phenoxy) is 1. The first kappa shape index (κ1) is 17.6. The molecule has 2 amide bonds. The number of likely N-dealkylation sites (tertiary alicyclic amines) is 1. The summed E-state index contributed by atoms with van der Waals surface area (Å²) in [6.07, 6.45) is 3.82. The highest BCUT2D eigenvalue weighted by atomic mass is 16.5. The Morgan fingerprint density at radius 3 is 2.63 bits per heavy atom. The zero-order valence-corrected chi connectivity index (χ0v) is 15.5. The highest BCUT2D eigenvalue weighted by Gasteiger charge is 2.42. The van der Waals surface area contributed by atoms with E-state index in [1.54, 1.807) is 6.07 Å². The molecule has 0 radical (unpaired) electrons. The quantitative estimate of drug-likeness (QED) is 0.901. The van der Waals surface area contributed by atoms with E-state index in [1.807, 2.05) is 36.1 Å². The van der Waals surface area contributed by atoms with Crippen molar-refractivity contribution in [3.63, 3.8) is 0 Å². The zero-order valence-electron chi connectivity index (χ0n) is 15.5. The number of hydrogen-bond donors (Lipinski definition) is 1. The molecular weight excluding hydrogens is 344 g/mol. The summed E-state index contributed by atoms with van der Waals surface area (Å²) >= 11 is 0. The van der Waals surface area contributed by atoms with Crippen LogP contribution in [0, 0.1) is 12.3 Å². The molecule has 2 saturated heterocycles. The van der Waals surface area contributed by atoms with Gasteiger partial charge in [-0.1, -0.05) is 17.7 Å². The van der Waals surface area contributed by atoms with Crippen molar-refractivity contribution in [2.45, 2.75) is 32.8 Å². The van der Waals surface area contributed by atoms with Gasteiger partial charge in [0.25, 0.3) is 5.91 Å². The number of aryl methyl sites for hydroxylation is 1. The highest BCUT2D eigenvalue weighted by Crippen LogP contribution is 2.37. The number of hydrogen-bond acceptors (Lipinski definition) is 4. The zero-order chi connectivity index (χ0) is 18.9. The van der Waals surface area contributed by atoms with E-state index in [0.29, 0.717) is 30.8 Å². The van der Waals surface area contributed by atoms with Crippen LogP contribution in [0.4, 0.5) is 0 Å². The molecule has 142 valence electrons. The molecule has 4 rings (SSSR count). The van der Waals surface area contributed by atoms with Crippen molar-refractivity contribution in [2.75, 3.05) is 19.6 Å². The van der Waals surface area contributed by atoms with E-state index in [9.17, 15) is 9.59 Å². The summed E-state index contributed by atoms with van der Waals surface area (Å²) in [5, 5.41) is 2.92. The number of nitrogens with zero attached hydrogens (tertiary/aromatic N) is 1. The summed E-state index contributed by atoms with van der Waals surface area (Å²) in [6, 6.07) is 9.48. The topological polar surface area (TPSA) is 71.8 Å². The summed E-state index contributed by atoms with van der Waals surface area (Å²) < 4.78 is 11.3. The number of nitrogens with one attached hydrogen (secondary N) is 1. The highest BCUT2D eigenvalue weighted by molar-refractivity contribution is 5.95. The van der Waals surface area contributed by atoms with Gasteiger partial charge in [0.2, 0.25) is 5.91 Å². The number of rotatable bonds is 4. The third-order valence-electron chi connectivity index (χ3n) is 5.67. The summed E-state index contributed by atoms with van der Waals surface area (Å²) in [4.78, 5) is 26.3. The third kappa shape index (κ3) is 3.70. The van der Waals surface area contributed by atoms with Gasteiger partial charge < -0.3 is 19.4 Å². The maximum Gasteiger partial charge on any atom is 0.257 e. The first-order chi connectivity index (χ1) is 13.0. The van der Waals surface area contributed by atoms with E-state index < -0.39 is 0 Å². The van der Waals surface area contributed by atoms with Crippen molar-refractivity contribution in [1.29, 1.82) is 0 Å². The van der Waals surface area contributed by atoms with Crippen LogP contribution < -0.4 is 10.1 Å². The first-order valence-corrected chi connectivity index (χ1v) is 9.37. The Balaban J connectivity index is 1.38. The monoisotopic (exact) mass is 368 g/mol. The van der Waals surface area contributed by atoms with Gasteiger partial charge in [-0.2, -0.15) is 0 Å². The van der Waals surface area contributed by atoms with E-state index in [2.05, 4.69) is 5.32 Å². The molecule has 1 aromatic heterocycles. The van der Waals surface area contributed by atoms with Crippen molar-refractivity contribution in [1.82, 2.24) is 10.2 Å². The standard InChI is InChI=1S/C21H24N2O4/c1-15-2-4-16(5-3-15)27-13-18-17(6-11-26-18)20(25)23-9-7-21(8-10-23)12-19(24)22-14-21/h2-6,11H,7-10,12-14H2,1H3,(H,22,24). The lowest BCUT2D eigenvalue weighted by Crippen LogP contribution is -2.44. The molecule has 6 nitrogen and oxygen atoms in total. The van der Waals surface area contributed by atoms with Crippen LogP contribution in [0.1, 0.15) is 40.9 Å². The molecule has 0 atom stereocenters. The Hall–Kier alpha value is -2.76. The van der Waals surface area contributed by atoms with Crippen LogP contribution in [0.15, 0.2) is 41.0 Å². The Morgan fingerprint density at radius 1 is 1.22 bits per heavy atom. The number of furan rings is 1. The lowest BCUT2D eigenvalue weighted by molar-refractivity contribution is -0.119. The van der Waals surface area contributed by atoms with Crippen molar-refractivity contribution in [3.05, 3.63) is 53.5 Å². The van der Waals surface area contributed by atoms with E-state index in [0.717, 1.165) is 25.1 Å². The fraction of sp³-hybridized carbons (Fsp3) is 0.429. The molecule has 3 heterocycles. The fourth-order valence-electron chi connectivity index (χ4n) is 3.89. The average molecular weight is 368 g/mol. The van der Waals surface area contributed by atoms with Crippen LogP contribution in [0.5, 0.6) is 5.75 Å². The van der Waals surface area contributed by atoms with Gasteiger partial charge in [-0.05, 0) is 43.4 Å². The van der Waals surface area contributed by atoms with E-state index in [4.69, 9.17) is 9.15 Å². The molecule has 2 fully saturated rings. The third-order valence-corrected chi connectivity index (χ3v) is 5.67. The van der Waals surface area contributed by atoms with Gasteiger partial charge in [0.1, 0.15) is 12.4 Å². The van der Waals surface area contributed by atoms with Gasteiger partial charge >= 0.3 is 0 Å². The van der Waals surface area contributed by atoms with Gasteiger partial charge in [0.05, 0.1) is 11.8 Å². The lowest BCUT2D eigenvalue weighted by Gasteiger charge is -2.38. The van der Waals surface area contributed by atoms with Crippen molar-refractivity contribution in [3.8, 4) is 5.75 Å². The SMILES string of the molecule is Cc1ccc(OCc2occc2C(=O)N2CCC3(CC2)CNC(=O)C3)cc1. The maximum absolute atomic E-state index is 12.9. The van der Waals surface area contributed by atoms with Crippen molar-refractivity contribution in [2.24, 2.45) is 5.41 Å². The van der Waals surface area contributed by atoms with Crippen LogP contribution in [0.2, 0.25) is 0 Å². The molecule has 2 aromatic rings.